The second-order valence-corrected chi connectivity index (χ2v) is 9.42. The lowest BCUT2D eigenvalue weighted by molar-refractivity contribution is -0.0947. The molecule has 2 aromatic heterocycles. The number of fused-ring (bicyclic) bond motifs is 1. The van der Waals surface area contributed by atoms with Gasteiger partial charge in [0.05, 0.1) is 17.6 Å². The first-order chi connectivity index (χ1) is 13.8. The molecule has 3 rings (SSSR count). The summed E-state index contributed by atoms with van der Waals surface area (Å²) in [5.41, 5.74) is 4.38. The van der Waals surface area contributed by atoms with Crippen molar-refractivity contribution in [1.82, 2.24) is 14.5 Å². The van der Waals surface area contributed by atoms with Crippen LogP contribution >= 0.6 is 15.6 Å². The Hall–Kier alpha value is -1.88. The lowest BCUT2D eigenvalue weighted by Gasteiger charge is -2.27. The highest BCUT2D eigenvalue weighted by Gasteiger charge is 2.54. The summed E-state index contributed by atoms with van der Waals surface area (Å²) in [7, 11) is -10.5. The topological polar surface area (TPSA) is 220 Å². The number of anilines is 1. The summed E-state index contributed by atoms with van der Waals surface area (Å²) >= 11 is 0. The minimum absolute atomic E-state index is 0.0839. The van der Waals surface area contributed by atoms with Crippen LogP contribution in [0.4, 0.5) is 5.82 Å². The van der Waals surface area contributed by atoms with Crippen LogP contribution in [-0.2, 0) is 22.7 Å². The zero-order valence-corrected chi connectivity index (χ0v) is 17.1. The number of rotatable bonds is 6. The first kappa shape index (κ1) is 22.8. The molecule has 30 heavy (non-hydrogen) atoms. The van der Waals surface area contributed by atoms with Gasteiger partial charge in [0.15, 0.2) is 6.23 Å². The molecular formula is C14H18N4O10P2. The van der Waals surface area contributed by atoms with Crippen LogP contribution in [0.2, 0.25) is 0 Å². The highest BCUT2D eigenvalue weighted by Crippen LogP contribution is 2.58. The van der Waals surface area contributed by atoms with Crippen molar-refractivity contribution in [3.8, 4) is 12.3 Å². The quantitative estimate of drug-likeness (QED) is 0.229. The molecule has 1 unspecified atom stereocenters. The van der Waals surface area contributed by atoms with Crippen LogP contribution in [0.15, 0.2) is 12.5 Å². The summed E-state index contributed by atoms with van der Waals surface area (Å²) in [5.74, 6) is 2.49. The maximum absolute atomic E-state index is 11.6. The second kappa shape index (κ2) is 7.67. The van der Waals surface area contributed by atoms with E-state index in [-0.39, 0.29) is 11.5 Å². The Morgan fingerprint density at radius 3 is 2.67 bits per heavy atom. The van der Waals surface area contributed by atoms with Gasteiger partial charge in [-0.3, -0.25) is 4.52 Å². The summed E-state index contributed by atoms with van der Waals surface area (Å²) in [6.07, 6.45) is 3.71. The van der Waals surface area contributed by atoms with Crippen molar-refractivity contribution >= 4 is 32.5 Å². The summed E-state index contributed by atoms with van der Waals surface area (Å²) in [4.78, 5) is 34.6. The van der Waals surface area contributed by atoms with Gasteiger partial charge in [-0.2, -0.15) is 4.31 Å². The van der Waals surface area contributed by atoms with Crippen molar-refractivity contribution in [3.05, 3.63) is 18.1 Å². The van der Waals surface area contributed by atoms with Gasteiger partial charge >= 0.3 is 15.6 Å². The number of nitrogens with two attached hydrogens (primary N) is 1. The van der Waals surface area contributed by atoms with E-state index in [0.717, 1.165) is 6.33 Å². The van der Waals surface area contributed by atoms with Gasteiger partial charge in [-0.05, 0) is 6.92 Å². The van der Waals surface area contributed by atoms with Crippen LogP contribution in [0, 0.1) is 12.3 Å². The van der Waals surface area contributed by atoms with E-state index in [2.05, 4.69) is 24.7 Å². The van der Waals surface area contributed by atoms with Crippen molar-refractivity contribution < 1.29 is 47.6 Å². The van der Waals surface area contributed by atoms with Crippen LogP contribution in [0.1, 0.15) is 18.7 Å². The third-order valence-electron chi connectivity index (χ3n) is 4.41. The van der Waals surface area contributed by atoms with Gasteiger partial charge in [0.25, 0.3) is 0 Å². The second-order valence-electron chi connectivity index (χ2n) is 6.59. The minimum atomic E-state index is -5.32. The third kappa shape index (κ3) is 4.27. The molecule has 5 atom stereocenters. The minimum Gasteiger partial charge on any atom is -0.387 e. The lowest BCUT2D eigenvalue weighted by Crippen LogP contribution is -2.44. The van der Waals surface area contributed by atoms with E-state index in [1.165, 1.54) is 17.7 Å². The van der Waals surface area contributed by atoms with Crippen LogP contribution in [0.5, 0.6) is 0 Å². The maximum Gasteiger partial charge on any atom is 0.481 e. The number of aliphatic hydroxyl groups is 2. The highest BCUT2D eigenvalue weighted by molar-refractivity contribution is 7.60. The molecule has 3 heterocycles. The Labute approximate surface area is 169 Å². The molecule has 1 aliphatic heterocycles. The van der Waals surface area contributed by atoms with E-state index in [1.807, 2.05) is 0 Å². The van der Waals surface area contributed by atoms with Gasteiger partial charge in [-0.15, -0.1) is 6.42 Å². The molecule has 0 aliphatic carbocycles. The molecule has 14 nitrogen and oxygen atoms in total. The summed E-state index contributed by atoms with van der Waals surface area (Å²) in [5, 5.41) is 21.6. The number of ether oxygens (including phenoxy) is 1. The highest BCUT2D eigenvalue weighted by atomic mass is 31.3. The summed E-state index contributed by atoms with van der Waals surface area (Å²) in [6.45, 7) is 0.388. The molecule has 2 aromatic rings. The molecule has 0 amide bonds. The standard InChI is InChI=1S/C14H18N4O10P2/c1-3-7-4-18(12-9(7)11(15)16-6-17-12)13-14(2,20)10(19)8(27-13)5-26-30(24,25)28-29(21,22)23/h1,4,6,8,10,13,19-20H,5H2,2H3,(H,24,25)(H2,15,16,17)(H2,21,22,23)/t8-,10-,13-,14-/m1/s1. The Kier molecular flexibility index (Phi) is 5.83. The molecule has 0 radical (unpaired) electrons. The number of phosphoric ester groups is 1. The average molecular weight is 464 g/mol. The zero-order chi connectivity index (χ0) is 22.5. The van der Waals surface area contributed by atoms with Crippen molar-refractivity contribution in [3.63, 3.8) is 0 Å². The number of nitrogens with zero attached hydrogens (tertiary/aromatic N) is 3. The molecule has 7 N–H and O–H groups in total. The third-order valence-corrected chi connectivity index (χ3v) is 6.56. The number of nitrogen functional groups attached to an aromatic ring is 1. The fourth-order valence-corrected chi connectivity index (χ4v) is 4.70. The Morgan fingerprint density at radius 2 is 2.07 bits per heavy atom. The van der Waals surface area contributed by atoms with Crippen LogP contribution in [-0.4, -0.2) is 63.8 Å². The molecule has 0 saturated carbocycles. The fourth-order valence-electron chi connectivity index (χ4n) is 3.10. The average Bonchev–Trinajstić information content (AvgIpc) is 3.08. The van der Waals surface area contributed by atoms with E-state index in [0.29, 0.717) is 10.9 Å². The first-order valence-electron chi connectivity index (χ1n) is 8.14. The molecule has 0 aromatic carbocycles. The van der Waals surface area contributed by atoms with Crippen LogP contribution in [0.3, 0.4) is 0 Å². The van der Waals surface area contributed by atoms with Crippen molar-refractivity contribution in [1.29, 1.82) is 0 Å². The predicted octanol–water partition coefficient (Wildman–Crippen LogP) is -0.770. The number of hydrogen-bond donors (Lipinski definition) is 6. The van der Waals surface area contributed by atoms with Crippen molar-refractivity contribution in [2.45, 2.75) is 31.0 Å². The Balaban J connectivity index is 1.90. The van der Waals surface area contributed by atoms with E-state index in [4.69, 9.17) is 26.7 Å². The summed E-state index contributed by atoms with van der Waals surface area (Å²) < 4.78 is 37.4. The molecule has 16 heteroatoms. The molecule has 164 valence electrons. The van der Waals surface area contributed by atoms with E-state index in [1.54, 1.807) is 0 Å². The SMILES string of the molecule is C#Cc1cn([C@@H]2O[C@H](COP(=O)(O)OP(=O)(O)O)[C@@H](O)[C@@]2(C)O)c2ncnc(N)c12. The van der Waals surface area contributed by atoms with E-state index >= 15 is 0 Å². The predicted molar refractivity (Wildman–Crippen MR) is 99.3 cm³/mol. The Morgan fingerprint density at radius 1 is 1.40 bits per heavy atom. The van der Waals surface area contributed by atoms with Gasteiger partial charge in [0, 0.05) is 6.20 Å². The molecule has 1 saturated heterocycles. The number of terminal acetylenes is 1. The zero-order valence-electron chi connectivity index (χ0n) is 15.3. The molecule has 0 spiro atoms. The molecule has 1 fully saturated rings. The number of phosphoric acid groups is 2. The maximum atomic E-state index is 11.6. The number of hydrogen-bond acceptors (Lipinski definition) is 10. The van der Waals surface area contributed by atoms with Crippen molar-refractivity contribution in [2.75, 3.05) is 12.3 Å². The number of aliphatic hydroxyl groups excluding tert-OH is 1. The van der Waals surface area contributed by atoms with E-state index < -0.39 is 46.3 Å². The lowest BCUT2D eigenvalue weighted by atomic mass is 9.96. The largest absolute Gasteiger partial charge is 0.481 e. The van der Waals surface area contributed by atoms with Gasteiger partial charge in [0.2, 0.25) is 0 Å². The normalized spacial score (nSPS) is 29.0. The smallest absolute Gasteiger partial charge is 0.387 e. The molecule has 1 aliphatic rings. The molecule has 0 bridgehead atoms. The van der Waals surface area contributed by atoms with Gasteiger partial charge in [-0.25, -0.2) is 19.1 Å². The van der Waals surface area contributed by atoms with Gasteiger partial charge in [-0.1, -0.05) is 5.92 Å². The van der Waals surface area contributed by atoms with Crippen LogP contribution < -0.4 is 5.73 Å². The molecular weight excluding hydrogens is 446 g/mol. The van der Waals surface area contributed by atoms with Crippen LogP contribution in [0.25, 0.3) is 11.0 Å². The summed E-state index contributed by atoms with van der Waals surface area (Å²) in [6, 6.07) is 0. The monoisotopic (exact) mass is 464 g/mol. The fraction of sp³-hybridized carbons (Fsp3) is 0.429. The van der Waals surface area contributed by atoms with Gasteiger partial charge in [0.1, 0.15) is 35.6 Å². The first-order valence-corrected chi connectivity index (χ1v) is 11.2. The number of aromatic nitrogens is 3. The Bertz CT molecular complexity index is 1110. The van der Waals surface area contributed by atoms with E-state index in [9.17, 15) is 24.2 Å². The van der Waals surface area contributed by atoms with Gasteiger partial charge < -0.3 is 39.9 Å². The van der Waals surface area contributed by atoms with Crippen molar-refractivity contribution in [2.24, 2.45) is 0 Å².